The van der Waals surface area contributed by atoms with Crippen molar-refractivity contribution in [2.24, 2.45) is 0 Å². The van der Waals surface area contributed by atoms with Crippen LogP contribution < -0.4 is 5.32 Å². The van der Waals surface area contributed by atoms with Gasteiger partial charge in [-0.05, 0) is 42.7 Å². The standard InChI is InChI=1S/C17H20N2O4S/c20-17(11-14-7-10-23-13-14)18-15-5-4-6-16(12-15)24(21,22)19-8-2-1-3-9-19/h4-7,10,12-13H,1-3,8-9,11H2,(H,18,20). The SMILES string of the molecule is O=C(Cc1ccoc1)Nc1cccc(S(=O)(=O)N2CCCCC2)c1. The molecule has 1 aromatic carbocycles. The van der Waals surface area contributed by atoms with Gasteiger partial charge in [0.15, 0.2) is 0 Å². The predicted octanol–water partition coefficient (Wildman–Crippen LogP) is 2.64. The molecule has 1 aromatic heterocycles. The Balaban J connectivity index is 1.72. The molecule has 0 bridgehead atoms. The van der Waals surface area contributed by atoms with Crippen molar-refractivity contribution in [3.8, 4) is 0 Å². The van der Waals surface area contributed by atoms with Crippen molar-refractivity contribution >= 4 is 21.6 Å². The van der Waals surface area contributed by atoms with Gasteiger partial charge in [-0.2, -0.15) is 4.31 Å². The van der Waals surface area contributed by atoms with Crippen molar-refractivity contribution in [2.75, 3.05) is 18.4 Å². The number of furan rings is 1. The number of amides is 1. The highest BCUT2D eigenvalue weighted by atomic mass is 32.2. The number of sulfonamides is 1. The summed E-state index contributed by atoms with van der Waals surface area (Å²) < 4.78 is 31.8. The van der Waals surface area contributed by atoms with Gasteiger partial charge in [0.2, 0.25) is 15.9 Å². The summed E-state index contributed by atoms with van der Waals surface area (Å²) >= 11 is 0. The fourth-order valence-corrected chi connectivity index (χ4v) is 4.34. The predicted molar refractivity (Wildman–Crippen MR) is 90.1 cm³/mol. The van der Waals surface area contributed by atoms with E-state index in [-0.39, 0.29) is 17.2 Å². The van der Waals surface area contributed by atoms with Gasteiger partial charge in [0.25, 0.3) is 0 Å². The Morgan fingerprint density at radius 2 is 1.96 bits per heavy atom. The van der Waals surface area contributed by atoms with E-state index >= 15 is 0 Å². The lowest BCUT2D eigenvalue weighted by molar-refractivity contribution is -0.115. The zero-order chi connectivity index (χ0) is 17.0. The molecule has 2 aromatic rings. The molecule has 1 aliphatic heterocycles. The molecule has 0 unspecified atom stereocenters. The number of rotatable bonds is 5. The molecule has 1 N–H and O–H groups in total. The second-order valence-corrected chi connectivity index (χ2v) is 7.79. The molecule has 1 fully saturated rings. The first-order valence-corrected chi connectivity index (χ1v) is 9.41. The number of anilines is 1. The van der Waals surface area contributed by atoms with Crippen molar-refractivity contribution in [1.29, 1.82) is 0 Å². The lowest BCUT2D eigenvalue weighted by Crippen LogP contribution is -2.35. The lowest BCUT2D eigenvalue weighted by Gasteiger charge is -2.26. The van der Waals surface area contributed by atoms with E-state index in [0.717, 1.165) is 24.8 Å². The highest BCUT2D eigenvalue weighted by molar-refractivity contribution is 7.89. The average molecular weight is 348 g/mol. The molecule has 3 rings (SSSR count). The summed E-state index contributed by atoms with van der Waals surface area (Å²) in [6.07, 6.45) is 6.04. The summed E-state index contributed by atoms with van der Waals surface area (Å²) in [4.78, 5) is 12.2. The number of hydrogen-bond acceptors (Lipinski definition) is 4. The van der Waals surface area contributed by atoms with Crippen LogP contribution in [0.15, 0.2) is 52.2 Å². The number of nitrogens with one attached hydrogen (secondary N) is 1. The van der Waals surface area contributed by atoms with Gasteiger partial charge in [-0.1, -0.05) is 12.5 Å². The maximum atomic E-state index is 12.7. The molecule has 2 heterocycles. The van der Waals surface area contributed by atoms with E-state index in [2.05, 4.69) is 5.32 Å². The molecular weight excluding hydrogens is 328 g/mol. The molecule has 0 aliphatic carbocycles. The Morgan fingerprint density at radius 1 is 1.17 bits per heavy atom. The third-order valence-electron chi connectivity index (χ3n) is 4.02. The second-order valence-electron chi connectivity index (χ2n) is 5.85. The van der Waals surface area contributed by atoms with Gasteiger partial charge in [0.05, 0.1) is 23.8 Å². The zero-order valence-electron chi connectivity index (χ0n) is 13.3. The van der Waals surface area contributed by atoms with Crippen molar-refractivity contribution in [3.05, 3.63) is 48.4 Å². The third kappa shape index (κ3) is 3.85. The van der Waals surface area contributed by atoms with Crippen LogP contribution >= 0.6 is 0 Å². The van der Waals surface area contributed by atoms with E-state index < -0.39 is 10.0 Å². The minimum absolute atomic E-state index is 0.180. The first kappa shape index (κ1) is 16.7. The lowest BCUT2D eigenvalue weighted by atomic mass is 10.2. The molecule has 1 aliphatic rings. The van der Waals surface area contributed by atoms with Crippen LogP contribution in [0.4, 0.5) is 5.69 Å². The van der Waals surface area contributed by atoms with E-state index in [1.807, 2.05) is 0 Å². The average Bonchev–Trinajstić information content (AvgIpc) is 3.08. The molecular formula is C17H20N2O4S. The highest BCUT2D eigenvalue weighted by Gasteiger charge is 2.26. The van der Waals surface area contributed by atoms with Crippen molar-refractivity contribution < 1.29 is 17.6 Å². The van der Waals surface area contributed by atoms with Gasteiger partial charge < -0.3 is 9.73 Å². The molecule has 24 heavy (non-hydrogen) atoms. The molecule has 128 valence electrons. The molecule has 0 saturated carbocycles. The number of nitrogens with zero attached hydrogens (tertiary/aromatic N) is 1. The van der Waals surface area contributed by atoms with Crippen molar-refractivity contribution in [2.45, 2.75) is 30.6 Å². The van der Waals surface area contributed by atoms with Crippen LogP contribution in [0, 0.1) is 0 Å². The Bertz CT molecular complexity index is 794. The first-order chi connectivity index (χ1) is 11.6. The van der Waals surface area contributed by atoms with Crippen LogP contribution in [0.25, 0.3) is 0 Å². The van der Waals surface area contributed by atoms with Gasteiger partial charge in [-0.3, -0.25) is 4.79 Å². The van der Waals surface area contributed by atoms with E-state index in [9.17, 15) is 13.2 Å². The molecule has 1 amide bonds. The highest BCUT2D eigenvalue weighted by Crippen LogP contribution is 2.23. The van der Waals surface area contributed by atoms with Gasteiger partial charge in [0.1, 0.15) is 0 Å². The smallest absolute Gasteiger partial charge is 0.243 e. The number of benzene rings is 1. The number of carbonyl (C=O) groups excluding carboxylic acids is 1. The topological polar surface area (TPSA) is 79.6 Å². The van der Waals surface area contributed by atoms with Crippen molar-refractivity contribution in [3.63, 3.8) is 0 Å². The van der Waals surface area contributed by atoms with E-state index in [1.54, 1.807) is 24.3 Å². The van der Waals surface area contributed by atoms with Gasteiger partial charge in [-0.25, -0.2) is 8.42 Å². The number of carbonyl (C=O) groups is 1. The largest absolute Gasteiger partial charge is 0.472 e. The normalized spacial score (nSPS) is 16.0. The van der Waals surface area contributed by atoms with Gasteiger partial charge in [-0.15, -0.1) is 0 Å². The summed E-state index contributed by atoms with van der Waals surface area (Å²) in [6, 6.07) is 8.12. The first-order valence-electron chi connectivity index (χ1n) is 7.97. The van der Waals surface area contributed by atoms with Crippen molar-refractivity contribution in [1.82, 2.24) is 4.31 Å². The molecule has 0 spiro atoms. The Morgan fingerprint density at radius 3 is 2.67 bits per heavy atom. The number of hydrogen-bond donors (Lipinski definition) is 1. The fourth-order valence-electron chi connectivity index (χ4n) is 2.77. The van der Waals surface area contributed by atoms with Crippen LogP contribution in [-0.4, -0.2) is 31.7 Å². The monoisotopic (exact) mass is 348 g/mol. The zero-order valence-corrected chi connectivity index (χ0v) is 14.1. The molecule has 0 atom stereocenters. The minimum atomic E-state index is -3.50. The van der Waals surface area contributed by atoms with E-state index in [4.69, 9.17) is 4.42 Å². The van der Waals surface area contributed by atoms with Crippen LogP contribution in [0.1, 0.15) is 24.8 Å². The summed E-state index contributed by atoms with van der Waals surface area (Å²) in [5.41, 5.74) is 1.24. The van der Waals surface area contributed by atoms with Gasteiger partial charge >= 0.3 is 0 Å². The van der Waals surface area contributed by atoms with Crippen LogP contribution in [0.2, 0.25) is 0 Å². The molecule has 6 nitrogen and oxygen atoms in total. The fraction of sp³-hybridized carbons (Fsp3) is 0.353. The molecule has 7 heteroatoms. The summed E-state index contributed by atoms with van der Waals surface area (Å²) in [5.74, 6) is -0.219. The summed E-state index contributed by atoms with van der Waals surface area (Å²) in [5, 5.41) is 2.73. The Labute approximate surface area is 141 Å². The number of piperidine rings is 1. The maximum Gasteiger partial charge on any atom is 0.243 e. The second kappa shape index (κ2) is 7.19. The van der Waals surface area contributed by atoms with E-state index in [0.29, 0.717) is 18.8 Å². The van der Waals surface area contributed by atoms with E-state index in [1.165, 1.54) is 22.9 Å². The van der Waals surface area contributed by atoms with Gasteiger partial charge in [0, 0.05) is 18.8 Å². The third-order valence-corrected chi connectivity index (χ3v) is 5.91. The van der Waals surface area contributed by atoms with Crippen LogP contribution in [0.3, 0.4) is 0 Å². The summed E-state index contributed by atoms with van der Waals surface area (Å²) in [6.45, 7) is 1.11. The van der Waals surface area contributed by atoms with Crippen LogP contribution in [-0.2, 0) is 21.2 Å². The molecule has 0 radical (unpaired) electrons. The quantitative estimate of drug-likeness (QED) is 0.901. The molecule has 1 saturated heterocycles. The summed E-state index contributed by atoms with van der Waals surface area (Å²) in [7, 11) is -3.50. The minimum Gasteiger partial charge on any atom is -0.472 e. The maximum absolute atomic E-state index is 12.7. The Hall–Kier alpha value is -2.12. The van der Waals surface area contributed by atoms with Crippen LogP contribution in [0.5, 0.6) is 0 Å². The Kier molecular flexibility index (Phi) is 5.01.